The van der Waals surface area contributed by atoms with E-state index in [0.717, 1.165) is 39.1 Å². The van der Waals surface area contributed by atoms with Gasteiger partial charge in [-0.05, 0) is 23.3 Å². The van der Waals surface area contributed by atoms with Crippen LogP contribution in [0.1, 0.15) is 17.7 Å². The fourth-order valence-electron chi connectivity index (χ4n) is 3.46. The van der Waals surface area contributed by atoms with Crippen molar-refractivity contribution in [1.29, 1.82) is 0 Å². The van der Waals surface area contributed by atoms with Crippen LogP contribution in [-0.4, -0.2) is 29.3 Å². The van der Waals surface area contributed by atoms with Gasteiger partial charge >= 0.3 is 6.18 Å². The Morgan fingerprint density at radius 2 is 1.93 bits per heavy atom. The number of aromatic nitrogens is 1. The molecule has 8 heteroatoms. The van der Waals surface area contributed by atoms with Gasteiger partial charge in [-0.3, -0.25) is 0 Å². The summed E-state index contributed by atoms with van der Waals surface area (Å²) in [6.07, 6.45) is -4.04. The Bertz CT molecular complexity index is 976. The summed E-state index contributed by atoms with van der Waals surface area (Å²) in [6.45, 7) is 1.12. The molecular formula is C21H19F3N2O2S. The molecule has 1 aliphatic rings. The first-order valence-corrected chi connectivity index (χ1v) is 10.1. The first-order chi connectivity index (χ1) is 13.9. The molecule has 152 valence electrons. The molecule has 1 N–H and O–H groups in total. The van der Waals surface area contributed by atoms with Gasteiger partial charge in [-0.25, -0.2) is 0 Å². The van der Waals surface area contributed by atoms with Crippen LogP contribution >= 0.6 is 11.3 Å². The predicted molar refractivity (Wildman–Crippen MR) is 106 cm³/mol. The van der Waals surface area contributed by atoms with E-state index in [4.69, 9.17) is 4.74 Å². The number of benzene rings is 2. The molecule has 29 heavy (non-hydrogen) atoms. The smallest absolute Gasteiger partial charge is 0.434 e. The number of aliphatic hydroxyl groups excluding tert-OH is 1. The zero-order valence-electron chi connectivity index (χ0n) is 15.4. The lowest BCUT2D eigenvalue weighted by atomic mass is 10.0. The molecule has 2 aromatic carbocycles. The molecule has 1 aromatic heterocycles. The molecule has 0 saturated carbocycles. The average Bonchev–Trinajstić information content (AvgIpc) is 3.38. The van der Waals surface area contributed by atoms with E-state index in [0.29, 0.717) is 19.5 Å². The number of anilines is 1. The van der Waals surface area contributed by atoms with Crippen LogP contribution in [-0.2, 0) is 12.8 Å². The van der Waals surface area contributed by atoms with Crippen molar-refractivity contribution in [3.63, 3.8) is 0 Å². The quantitative estimate of drug-likeness (QED) is 0.633. The summed E-state index contributed by atoms with van der Waals surface area (Å²) >= 11 is 0.856. The van der Waals surface area contributed by atoms with Gasteiger partial charge in [-0.1, -0.05) is 47.7 Å². The predicted octanol–water partition coefficient (Wildman–Crippen LogP) is 4.98. The molecule has 0 aliphatic carbocycles. The lowest BCUT2D eigenvalue weighted by molar-refractivity contribution is -0.140. The lowest BCUT2D eigenvalue weighted by Crippen LogP contribution is -2.25. The average molecular weight is 420 g/mol. The lowest BCUT2D eigenvalue weighted by Gasteiger charge is -2.22. The molecule has 1 atom stereocenters. The van der Waals surface area contributed by atoms with E-state index in [1.165, 1.54) is 0 Å². The zero-order valence-corrected chi connectivity index (χ0v) is 16.2. The van der Waals surface area contributed by atoms with Crippen molar-refractivity contribution in [2.24, 2.45) is 0 Å². The van der Waals surface area contributed by atoms with E-state index in [2.05, 4.69) is 9.88 Å². The maximum atomic E-state index is 12.7. The Morgan fingerprint density at radius 1 is 1.14 bits per heavy atom. The Kier molecular flexibility index (Phi) is 5.47. The van der Waals surface area contributed by atoms with Crippen LogP contribution in [0.3, 0.4) is 0 Å². The van der Waals surface area contributed by atoms with E-state index in [1.54, 1.807) is 0 Å². The molecule has 1 unspecified atom stereocenters. The Labute approximate surface area is 170 Å². The maximum absolute atomic E-state index is 12.7. The maximum Gasteiger partial charge on any atom is 0.434 e. The zero-order chi connectivity index (χ0) is 20.4. The number of nitrogens with zero attached hydrogens (tertiary/aromatic N) is 2. The van der Waals surface area contributed by atoms with Gasteiger partial charge in [0.15, 0.2) is 5.69 Å². The van der Waals surface area contributed by atoms with Gasteiger partial charge in [-0.15, -0.1) is 0 Å². The second-order valence-electron chi connectivity index (χ2n) is 6.84. The fourth-order valence-corrected chi connectivity index (χ4v) is 4.20. The molecular weight excluding hydrogens is 401 g/mol. The molecule has 3 aromatic rings. The standard InChI is InChI=1S/C21H19F3N2O2S/c22-21(23,24)19-13-29-20(25-19)28-17-8-9-26(11-17)18-7-6-15(10-16(18)12-27)14-4-2-1-3-5-14/h1-7,10,13,17,27H,8-9,11-12H2. The number of ether oxygens (including phenoxy) is 1. The van der Waals surface area contributed by atoms with Gasteiger partial charge in [0.05, 0.1) is 13.2 Å². The van der Waals surface area contributed by atoms with Crippen LogP contribution in [0.4, 0.5) is 18.9 Å². The van der Waals surface area contributed by atoms with Crippen LogP contribution in [0.2, 0.25) is 0 Å². The molecule has 0 bridgehead atoms. The van der Waals surface area contributed by atoms with E-state index in [9.17, 15) is 18.3 Å². The van der Waals surface area contributed by atoms with Gasteiger partial charge in [0.1, 0.15) is 6.10 Å². The van der Waals surface area contributed by atoms with Crippen LogP contribution in [0, 0.1) is 0 Å². The van der Waals surface area contributed by atoms with Crippen molar-refractivity contribution >= 4 is 17.0 Å². The van der Waals surface area contributed by atoms with E-state index >= 15 is 0 Å². The molecule has 0 spiro atoms. The van der Waals surface area contributed by atoms with Crippen LogP contribution < -0.4 is 9.64 Å². The second-order valence-corrected chi connectivity index (χ2v) is 7.66. The minimum atomic E-state index is -4.46. The summed E-state index contributed by atoms with van der Waals surface area (Å²) in [5.74, 6) is 0. The third kappa shape index (κ3) is 4.38. The van der Waals surface area contributed by atoms with Gasteiger partial charge in [0.25, 0.3) is 5.19 Å². The number of rotatable bonds is 5. The Morgan fingerprint density at radius 3 is 2.62 bits per heavy atom. The largest absolute Gasteiger partial charge is 0.465 e. The van der Waals surface area contributed by atoms with E-state index in [-0.39, 0.29) is 17.9 Å². The summed E-state index contributed by atoms with van der Waals surface area (Å²) in [7, 11) is 0. The molecule has 1 aliphatic heterocycles. The summed E-state index contributed by atoms with van der Waals surface area (Å²) < 4.78 is 43.8. The van der Waals surface area contributed by atoms with Crippen molar-refractivity contribution < 1.29 is 23.0 Å². The summed E-state index contributed by atoms with van der Waals surface area (Å²) in [5, 5.41) is 10.9. The number of hydrogen-bond acceptors (Lipinski definition) is 5. The minimum Gasteiger partial charge on any atom is -0.465 e. The minimum absolute atomic E-state index is 0.0333. The highest BCUT2D eigenvalue weighted by atomic mass is 32.1. The van der Waals surface area contributed by atoms with Gasteiger partial charge in [-0.2, -0.15) is 18.2 Å². The van der Waals surface area contributed by atoms with Crippen LogP contribution in [0.25, 0.3) is 11.1 Å². The molecule has 0 amide bonds. The van der Waals surface area contributed by atoms with Crippen molar-refractivity contribution in [3.8, 4) is 16.3 Å². The number of aliphatic hydroxyl groups is 1. The van der Waals surface area contributed by atoms with Crippen molar-refractivity contribution in [2.45, 2.75) is 25.3 Å². The summed E-state index contributed by atoms with van der Waals surface area (Å²) in [6, 6.07) is 15.9. The molecule has 1 saturated heterocycles. The SMILES string of the molecule is OCc1cc(-c2ccccc2)ccc1N1CCC(Oc2nc(C(F)(F)F)cs2)C1. The number of halogens is 3. The highest BCUT2D eigenvalue weighted by Gasteiger charge is 2.35. The topological polar surface area (TPSA) is 45.6 Å². The monoisotopic (exact) mass is 420 g/mol. The Balaban J connectivity index is 1.46. The molecule has 4 rings (SSSR count). The van der Waals surface area contributed by atoms with Crippen molar-refractivity contribution in [1.82, 2.24) is 4.98 Å². The highest BCUT2D eigenvalue weighted by molar-refractivity contribution is 7.11. The number of thiazole rings is 1. The van der Waals surface area contributed by atoms with Gasteiger partial charge in [0, 0.05) is 29.6 Å². The highest BCUT2D eigenvalue weighted by Crippen LogP contribution is 2.34. The Hall–Kier alpha value is -2.58. The second kappa shape index (κ2) is 8.04. The van der Waals surface area contributed by atoms with E-state index in [1.807, 2.05) is 48.5 Å². The van der Waals surface area contributed by atoms with E-state index < -0.39 is 11.9 Å². The first-order valence-electron chi connectivity index (χ1n) is 9.17. The normalized spacial score (nSPS) is 17.0. The van der Waals surface area contributed by atoms with Gasteiger partial charge in [0.2, 0.25) is 0 Å². The van der Waals surface area contributed by atoms with Crippen molar-refractivity contribution in [2.75, 3.05) is 18.0 Å². The molecule has 0 radical (unpaired) electrons. The van der Waals surface area contributed by atoms with Crippen LogP contribution in [0.5, 0.6) is 5.19 Å². The first kappa shape index (κ1) is 19.7. The fraction of sp³-hybridized carbons (Fsp3) is 0.286. The number of alkyl halides is 3. The molecule has 1 fully saturated rings. The van der Waals surface area contributed by atoms with Crippen molar-refractivity contribution in [3.05, 3.63) is 65.2 Å². The summed E-state index contributed by atoms with van der Waals surface area (Å²) in [5.41, 5.74) is 2.88. The van der Waals surface area contributed by atoms with Crippen LogP contribution in [0.15, 0.2) is 53.9 Å². The third-order valence-electron chi connectivity index (χ3n) is 4.88. The summed E-state index contributed by atoms with van der Waals surface area (Å²) in [4.78, 5) is 5.62. The number of hydrogen-bond donors (Lipinski definition) is 1. The molecule has 4 nitrogen and oxygen atoms in total. The molecule has 2 heterocycles. The van der Waals surface area contributed by atoms with Gasteiger partial charge < -0.3 is 14.7 Å². The third-order valence-corrected chi connectivity index (χ3v) is 5.61.